The molecule has 0 spiro atoms. The van der Waals surface area contributed by atoms with Crippen molar-refractivity contribution in [1.29, 1.82) is 0 Å². The summed E-state index contributed by atoms with van der Waals surface area (Å²) < 4.78 is 28.3. The first-order chi connectivity index (χ1) is 13.7. The summed E-state index contributed by atoms with van der Waals surface area (Å²) in [5.41, 5.74) is 3.86. The van der Waals surface area contributed by atoms with Gasteiger partial charge < -0.3 is 4.90 Å². The number of nitrogens with one attached hydrogen (secondary N) is 1. The van der Waals surface area contributed by atoms with Crippen molar-refractivity contribution in [3.05, 3.63) is 28.3 Å². The number of nitro benzene ring substituents is 1. The molecule has 29 heavy (non-hydrogen) atoms. The van der Waals surface area contributed by atoms with Crippen molar-refractivity contribution in [2.24, 2.45) is 11.0 Å². The average Bonchev–Trinajstić information content (AvgIpc) is 2.67. The van der Waals surface area contributed by atoms with Crippen LogP contribution in [0.4, 0.5) is 11.4 Å². The van der Waals surface area contributed by atoms with E-state index in [4.69, 9.17) is 0 Å². The van der Waals surface area contributed by atoms with Gasteiger partial charge in [-0.2, -0.15) is 9.41 Å². The zero-order valence-electron chi connectivity index (χ0n) is 17.2. The van der Waals surface area contributed by atoms with Gasteiger partial charge in [0, 0.05) is 56.4 Å². The fourth-order valence-electron chi connectivity index (χ4n) is 3.93. The number of nitro groups is 1. The number of hydrogen-bond acceptors (Lipinski definition) is 7. The number of benzene rings is 1. The Morgan fingerprint density at radius 1 is 1.21 bits per heavy atom. The first-order valence-electron chi connectivity index (χ1n) is 9.98. The molecule has 9 nitrogen and oxygen atoms in total. The van der Waals surface area contributed by atoms with Crippen molar-refractivity contribution in [2.45, 2.75) is 50.5 Å². The van der Waals surface area contributed by atoms with Crippen molar-refractivity contribution in [2.75, 3.05) is 32.1 Å². The molecule has 3 rings (SSSR count). The van der Waals surface area contributed by atoms with Crippen LogP contribution >= 0.6 is 0 Å². The molecule has 1 aromatic rings. The molecule has 0 unspecified atom stereocenters. The second-order valence-corrected chi connectivity index (χ2v) is 9.98. The quantitative estimate of drug-likeness (QED) is 0.576. The van der Waals surface area contributed by atoms with Crippen molar-refractivity contribution in [1.82, 2.24) is 9.21 Å². The largest absolute Gasteiger partial charge is 0.306 e. The maximum absolute atomic E-state index is 13.4. The van der Waals surface area contributed by atoms with Crippen LogP contribution < -0.4 is 5.43 Å². The number of sulfonamides is 1. The van der Waals surface area contributed by atoms with Gasteiger partial charge in [-0.1, -0.05) is 6.92 Å². The Kier molecular flexibility index (Phi) is 6.55. The van der Waals surface area contributed by atoms with Crippen LogP contribution in [-0.4, -0.2) is 61.0 Å². The normalized spacial score (nSPS) is 24.3. The molecule has 0 saturated carbocycles. The van der Waals surface area contributed by atoms with Gasteiger partial charge >= 0.3 is 0 Å². The highest BCUT2D eigenvalue weighted by atomic mass is 32.2. The Bertz CT molecular complexity index is 892. The second kappa shape index (κ2) is 8.76. The Labute approximate surface area is 172 Å². The molecule has 1 aromatic carbocycles. The highest BCUT2D eigenvalue weighted by molar-refractivity contribution is 7.89. The van der Waals surface area contributed by atoms with Crippen LogP contribution in [0.25, 0.3) is 0 Å². The number of piperidine rings is 2. The van der Waals surface area contributed by atoms with Crippen molar-refractivity contribution < 1.29 is 13.3 Å². The third-order valence-corrected chi connectivity index (χ3v) is 7.79. The Morgan fingerprint density at radius 3 is 2.52 bits per heavy atom. The molecule has 160 valence electrons. The molecule has 0 radical (unpaired) electrons. The Balaban J connectivity index is 1.93. The number of likely N-dealkylation sites (tertiary alicyclic amines) is 1. The molecule has 0 bridgehead atoms. The number of non-ortho nitro benzene ring substituents is 1. The lowest BCUT2D eigenvalue weighted by molar-refractivity contribution is -0.385. The van der Waals surface area contributed by atoms with Gasteiger partial charge in [0.1, 0.15) is 4.90 Å². The second-order valence-electron chi connectivity index (χ2n) is 8.13. The predicted molar refractivity (Wildman–Crippen MR) is 113 cm³/mol. The SMILES string of the molecule is C[C@H]1CCN(S(=O)(=O)c2cc([N+](=O)[O-])ccc2NN=C2CCN(C)CC2)[C@@H](C)C1. The highest BCUT2D eigenvalue weighted by Crippen LogP contribution is 2.33. The van der Waals surface area contributed by atoms with Crippen LogP contribution in [0.15, 0.2) is 28.2 Å². The third kappa shape index (κ3) is 4.93. The summed E-state index contributed by atoms with van der Waals surface area (Å²) in [6.45, 7) is 6.20. The summed E-state index contributed by atoms with van der Waals surface area (Å²) in [6, 6.07) is 3.72. The van der Waals surface area contributed by atoms with Gasteiger partial charge in [-0.05, 0) is 38.8 Å². The standard InChI is InChI=1S/C19H29N5O4S/c1-14-6-11-23(15(2)12-14)29(27,28)19-13-17(24(25)26)4-5-18(19)21-20-16-7-9-22(3)10-8-16/h4-5,13-15,21H,6-12H2,1-3H3/t14-,15-/m0/s1. The van der Waals surface area contributed by atoms with Gasteiger partial charge in [0.15, 0.2) is 0 Å². The molecule has 10 heteroatoms. The first-order valence-corrected chi connectivity index (χ1v) is 11.4. The minimum Gasteiger partial charge on any atom is -0.306 e. The van der Waals surface area contributed by atoms with E-state index in [1.807, 2.05) is 14.0 Å². The van der Waals surface area contributed by atoms with Crippen LogP contribution in [0.3, 0.4) is 0 Å². The van der Waals surface area contributed by atoms with Gasteiger partial charge in [0.05, 0.1) is 10.6 Å². The molecular formula is C19H29N5O4S. The molecule has 2 aliphatic rings. The molecule has 2 fully saturated rings. The minimum absolute atomic E-state index is 0.0922. The summed E-state index contributed by atoms with van der Waals surface area (Å²) in [7, 11) is -1.85. The Hall–Kier alpha value is -2.04. The summed E-state index contributed by atoms with van der Waals surface area (Å²) in [6.07, 6.45) is 3.16. The van der Waals surface area contributed by atoms with E-state index in [0.717, 1.165) is 50.6 Å². The van der Waals surface area contributed by atoms with E-state index in [0.29, 0.717) is 12.5 Å². The topological polar surface area (TPSA) is 108 Å². The molecule has 2 atom stereocenters. The van der Waals surface area contributed by atoms with Crippen LogP contribution in [0.2, 0.25) is 0 Å². The average molecular weight is 424 g/mol. The molecule has 0 amide bonds. The van der Waals surface area contributed by atoms with Crippen molar-refractivity contribution >= 4 is 27.1 Å². The van der Waals surface area contributed by atoms with Crippen molar-refractivity contribution in [3.8, 4) is 0 Å². The van der Waals surface area contributed by atoms with E-state index >= 15 is 0 Å². The van der Waals surface area contributed by atoms with Gasteiger partial charge in [-0.3, -0.25) is 15.5 Å². The number of rotatable bonds is 5. The summed E-state index contributed by atoms with van der Waals surface area (Å²) >= 11 is 0. The molecule has 2 saturated heterocycles. The lowest BCUT2D eigenvalue weighted by atomic mass is 9.95. The highest BCUT2D eigenvalue weighted by Gasteiger charge is 2.35. The minimum atomic E-state index is -3.89. The number of anilines is 1. The van der Waals surface area contributed by atoms with Crippen LogP contribution in [0, 0.1) is 16.0 Å². The van der Waals surface area contributed by atoms with Gasteiger partial charge in [0.25, 0.3) is 5.69 Å². The maximum Gasteiger partial charge on any atom is 0.270 e. The molecule has 0 aromatic heterocycles. The fraction of sp³-hybridized carbons (Fsp3) is 0.632. The Morgan fingerprint density at radius 2 is 1.90 bits per heavy atom. The molecule has 0 aliphatic carbocycles. The maximum atomic E-state index is 13.4. The lowest BCUT2D eigenvalue weighted by Gasteiger charge is -2.35. The summed E-state index contributed by atoms with van der Waals surface area (Å²) in [4.78, 5) is 12.8. The van der Waals surface area contributed by atoms with Crippen LogP contribution in [0.1, 0.15) is 39.5 Å². The molecule has 1 N–H and O–H groups in total. The fourth-order valence-corrected chi connectivity index (χ4v) is 5.75. The van der Waals surface area contributed by atoms with E-state index in [9.17, 15) is 18.5 Å². The first kappa shape index (κ1) is 21.7. The van der Waals surface area contributed by atoms with Gasteiger partial charge in [-0.15, -0.1) is 0 Å². The number of nitrogens with zero attached hydrogens (tertiary/aromatic N) is 4. The monoisotopic (exact) mass is 423 g/mol. The van der Waals surface area contributed by atoms with E-state index in [1.54, 1.807) is 0 Å². The van der Waals surface area contributed by atoms with Crippen LogP contribution in [0.5, 0.6) is 0 Å². The third-order valence-electron chi connectivity index (χ3n) is 5.74. The van der Waals surface area contributed by atoms with Crippen molar-refractivity contribution in [3.63, 3.8) is 0 Å². The smallest absolute Gasteiger partial charge is 0.270 e. The van der Waals surface area contributed by atoms with E-state index < -0.39 is 14.9 Å². The molecule has 2 aliphatic heterocycles. The van der Waals surface area contributed by atoms with Gasteiger partial charge in [0.2, 0.25) is 10.0 Å². The van der Waals surface area contributed by atoms with Crippen LogP contribution in [-0.2, 0) is 10.0 Å². The van der Waals surface area contributed by atoms with E-state index in [-0.39, 0.29) is 22.3 Å². The molecular weight excluding hydrogens is 394 g/mol. The summed E-state index contributed by atoms with van der Waals surface area (Å²) in [5, 5.41) is 15.7. The van der Waals surface area contributed by atoms with Gasteiger partial charge in [-0.25, -0.2) is 8.42 Å². The lowest BCUT2D eigenvalue weighted by Crippen LogP contribution is -2.44. The zero-order valence-corrected chi connectivity index (χ0v) is 18.0. The van der Waals surface area contributed by atoms with E-state index in [2.05, 4.69) is 22.4 Å². The number of hydrogen-bond donors (Lipinski definition) is 1. The molecule has 2 heterocycles. The number of hydrazone groups is 1. The zero-order chi connectivity index (χ0) is 21.2. The summed E-state index contributed by atoms with van der Waals surface area (Å²) in [5.74, 6) is 0.454. The predicted octanol–water partition coefficient (Wildman–Crippen LogP) is 2.90. The van der Waals surface area contributed by atoms with E-state index in [1.165, 1.54) is 16.4 Å².